The molecular formula is C12H12F2N2O2. The van der Waals surface area contributed by atoms with Crippen LogP contribution < -0.4 is 9.47 Å². The van der Waals surface area contributed by atoms with Crippen LogP contribution in [0.25, 0.3) is 11.1 Å². The number of nitrogens with one attached hydrogen (secondary N) is 1. The SMILES string of the molecule is COc1ccc(OCC(F)F)cc1-c1cn[nH]c1. The Morgan fingerprint density at radius 1 is 1.39 bits per heavy atom. The second-order valence-electron chi connectivity index (χ2n) is 3.55. The Balaban J connectivity index is 2.28. The molecule has 1 N–H and O–H groups in total. The molecule has 1 aromatic heterocycles. The maximum absolute atomic E-state index is 12.1. The van der Waals surface area contributed by atoms with E-state index < -0.39 is 13.0 Å². The zero-order valence-electron chi connectivity index (χ0n) is 9.69. The predicted molar refractivity (Wildman–Crippen MR) is 62.1 cm³/mol. The van der Waals surface area contributed by atoms with Crippen LogP contribution in [0, 0.1) is 0 Å². The average Bonchev–Trinajstić information content (AvgIpc) is 2.89. The molecule has 96 valence electrons. The summed E-state index contributed by atoms with van der Waals surface area (Å²) in [6.07, 6.45) is 0.813. The number of halogens is 2. The average molecular weight is 254 g/mol. The van der Waals surface area contributed by atoms with Gasteiger partial charge in [0, 0.05) is 17.3 Å². The van der Waals surface area contributed by atoms with Gasteiger partial charge in [-0.25, -0.2) is 8.78 Å². The molecule has 0 aliphatic carbocycles. The molecule has 0 fully saturated rings. The second-order valence-corrected chi connectivity index (χ2v) is 3.55. The number of nitrogens with zero attached hydrogens (tertiary/aromatic N) is 1. The van der Waals surface area contributed by atoms with Crippen molar-refractivity contribution in [3.05, 3.63) is 30.6 Å². The van der Waals surface area contributed by atoms with Crippen LogP contribution in [0.5, 0.6) is 11.5 Å². The number of methoxy groups -OCH3 is 1. The lowest BCUT2D eigenvalue weighted by Gasteiger charge is -2.10. The van der Waals surface area contributed by atoms with Crippen molar-refractivity contribution >= 4 is 0 Å². The summed E-state index contributed by atoms with van der Waals surface area (Å²) >= 11 is 0. The number of aromatic nitrogens is 2. The lowest BCUT2D eigenvalue weighted by Crippen LogP contribution is -2.07. The number of ether oxygens (including phenoxy) is 2. The first kappa shape index (κ1) is 12.3. The molecular weight excluding hydrogens is 242 g/mol. The third kappa shape index (κ3) is 2.77. The van der Waals surface area contributed by atoms with Crippen LogP contribution in [0.15, 0.2) is 30.6 Å². The third-order valence-electron chi connectivity index (χ3n) is 2.36. The van der Waals surface area contributed by atoms with E-state index >= 15 is 0 Å². The van der Waals surface area contributed by atoms with Gasteiger partial charge in [0.05, 0.1) is 13.3 Å². The van der Waals surface area contributed by atoms with E-state index in [9.17, 15) is 8.78 Å². The number of H-pyrrole nitrogens is 1. The van der Waals surface area contributed by atoms with Crippen molar-refractivity contribution in [1.29, 1.82) is 0 Å². The molecule has 2 aromatic rings. The molecule has 0 saturated carbocycles. The highest BCUT2D eigenvalue weighted by Gasteiger charge is 2.10. The number of hydrogen-bond donors (Lipinski definition) is 1. The van der Waals surface area contributed by atoms with Gasteiger partial charge in [0.2, 0.25) is 0 Å². The highest BCUT2D eigenvalue weighted by atomic mass is 19.3. The number of rotatable bonds is 5. The van der Waals surface area contributed by atoms with Gasteiger partial charge < -0.3 is 9.47 Å². The summed E-state index contributed by atoms with van der Waals surface area (Å²) in [6, 6.07) is 4.90. The van der Waals surface area contributed by atoms with E-state index in [1.807, 2.05) is 0 Å². The van der Waals surface area contributed by atoms with E-state index in [0.29, 0.717) is 11.5 Å². The van der Waals surface area contributed by atoms with E-state index in [2.05, 4.69) is 10.2 Å². The molecule has 0 atom stereocenters. The van der Waals surface area contributed by atoms with E-state index in [1.165, 1.54) is 0 Å². The standard InChI is InChI=1S/C12H12F2N2O2/c1-17-11-3-2-9(18-7-12(13)14)4-10(11)8-5-15-16-6-8/h2-6,12H,7H2,1H3,(H,15,16). The maximum Gasteiger partial charge on any atom is 0.272 e. The van der Waals surface area contributed by atoms with Crippen LogP contribution >= 0.6 is 0 Å². The summed E-state index contributed by atoms with van der Waals surface area (Å²) in [5.41, 5.74) is 1.53. The number of aromatic amines is 1. The first-order valence-electron chi connectivity index (χ1n) is 5.29. The maximum atomic E-state index is 12.1. The molecule has 1 heterocycles. The number of hydrogen-bond acceptors (Lipinski definition) is 3. The smallest absolute Gasteiger partial charge is 0.272 e. The molecule has 6 heteroatoms. The summed E-state index contributed by atoms with van der Waals surface area (Å²) in [4.78, 5) is 0. The topological polar surface area (TPSA) is 47.1 Å². The highest BCUT2D eigenvalue weighted by molar-refractivity contribution is 5.70. The monoisotopic (exact) mass is 254 g/mol. The lowest BCUT2D eigenvalue weighted by atomic mass is 10.1. The molecule has 0 aliphatic rings. The van der Waals surface area contributed by atoms with Gasteiger partial charge in [-0.15, -0.1) is 0 Å². The van der Waals surface area contributed by atoms with Crippen LogP contribution in [-0.4, -0.2) is 30.3 Å². The molecule has 4 nitrogen and oxygen atoms in total. The van der Waals surface area contributed by atoms with E-state index in [1.54, 1.807) is 37.7 Å². The molecule has 18 heavy (non-hydrogen) atoms. The molecule has 1 aromatic carbocycles. The van der Waals surface area contributed by atoms with Crippen molar-refractivity contribution in [2.45, 2.75) is 6.43 Å². The Kier molecular flexibility index (Phi) is 3.76. The Labute approximate surface area is 103 Å². The Bertz CT molecular complexity index is 501. The third-order valence-corrected chi connectivity index (χ3v) is 2.36. The second kappa shape index (κ2) is 5.48. The molecule has 0 aliphatic heterocycles. The Hall–Kier alpha value is -2.11. The summed E-state index contributed by atoms with van der Waals surface area (Å²) in [6.45, 7) is -0.628. The zero-order chi connectivity index (χ0) is 13.0. The fourth-order valence-electron chi connectivity index (χ4n) is 1.56. The van der Waals surface area contributed by atoms with E-state index in [0.717, 1.165) is 11.1 Å². The minimum Gasteiger partial charge on any atom is -0.496 e. The van der Waals surface area contributed by atoms with Crippen molar-refractivity contribution in [1.82, 2.24) is 10.2 Å². The van der Waals surface area contributed by atoms with Gasteiger partial charge in [-0.3, -0.25) is 5.10 Å². The number of benzene rings is 1. The first-order valence-corrected chi connectivity index (χ1v) is 5.29. The number of alkyl halides is 2. The zero-order valence-corrected chi connectivity index (χ0v) is 9.69. The van der Waals surface area contributed by atoms with Crippen LogP contribution in [0.4, 0.5) is 8.78 Å². The fraction of sp³-hybridized carbons (Fsp3) is 0.250. The van der Waals surface area contributed by atoms with Gasteiger partial charge in [0.1, 0.15) is 18.1 Å². The fourth-order valence-corrected chi connectivity index (χ4v) is 1.56. The van der Waals surface area contributed by atoms with Crippen molar-refractivity contribution in [2.24, 2.45) is 0 Å². The Morgan fingerprint density at radius 2 is 2.22 bits per heavy atom. The summed E-state index contributed by atoms with van der Waals surface area (Å²) in [5.74, 6) is 0.994. The molecule has 0 amide bonds. The molecule has 2 rings (SSSR count). The lowest BCUT2D eigenvalue weighted by molar-refractivity contribution is 0.0819. The quantitative estimate of drug-likeness (QED) is 0.892. The van der Waals surface area contributed by atoms with Crippen molar-refractivity contribution in [2.75, 3.05) is 13.7 Å². The molecule has 0 bridgehead atoms. The largest absolute Gasteiger partial charge is 0.496 e. The minimum atomic E-state index is -2.50. The van der Waals surface area contributed by atoms with Crippen LogP contribution in [0.1, 0.15) is 0 Å². The van der Waals surface area contributed by atoms with Gasteiger partial charge in [-0.1, -0.05) is 0 Å². The van der Waals surface area contributed by atoms with Gasteiger partial charge >= 0.3 is 0 Å². The van der Waals surface area contributed by atoms with Crippen LogP contribution in [0.3, 0.4) is 0 Å². The highest BCUT2D eigenvalue weighted by Crippen LogP contribution is 2.32. The van der Waals surface area contributed by atoms with E-state index in [4.69, 9.17) is 9.47 Å². The predicted octanol–water partition coefficient (Wildman–Crippen LogP) is 2.73. The van der Waals surface area contributed by atoms with Gasteiger partial charge in [-0.05, 0) is 18.2 Å². The van der Waals surface area contributed by atoms with Crippen LogP contribution in [-0.2, 0) is 0 Å². The van der Waals surface area contributed by atoms with Crippen molar-refractivity contribution < 1.29 is 18.3 Å². The van der Waals surface area contributed by atoms with Gasteiger partial charge in [0.15, 0.2) is 0 Å². The van der Waals surface area contributed by atoms with Crippen LogP contribution in [0.2, 0.25) is 0 Å². The molecule has 0 saturated heterocycles. The van der Waals surface area contributed by atoms with Gasteiger partial charge in [0.25, 0.3) is 6.43 Å². The normalized spacial score (nSPS) is 10.7. The molecule has 0 radical (unpaired) electrons. The molecule has 0 unspecified atom stereocenters. The molecule has 0 spiro atoms. The van der Waals surface area contributed by atoms with Crippen molar-refractivity contribution in [3.8, 4) is 22.6 Å². The summed E-state index contributed by atoms with van der Waals surface area (Å²) in [7, 11) is 1.54. The summed E-state index contributed by atoms with van der Waals surface area (Å²) < 4.78 is 34.3. The Morgan fingerprint density at radius 3 is 2.83 bits per heavy atom. The summed E-state index contributed by atoms with van der Waals surface area (Å²) in [5, 5.41) is 6.52. The van der Waals surface area contributed by atoms with Gasteiger partial charge in [-0.2, -0.15) is 5.10 Å². The van der Waals surface area contributed by atoms with Crippen molar-refractivity contribution in [3.63, 3.8) is 0 Å². The van der Waals surface area contributed by atoms with E-state index in [-0.39, 0.29) is 0 Å². The first-order chi connectivity index (χ1) is 8.70. The minimum absolute atomic E-state index is 0.368.